The molecular weight excluding hydrogens is 390 g/mol. The van der Waals surface area contributed by atoms with Crippen molar-refractivity contribution in [3.63, 3.8) is 0 Å². The van der Waals surface area contributed by atoms with Crippen molar-refractivity contribution in [2.45, 2.75) is 18.9 Å². The number of carbonyl (C=O) groups is 3. The van der Waals surface area contributed by atoms with Crippen molar-refractivity contribution in [3.05, 3.63) is 59.7 Å². The Morgan fingerprint density at radius 2 is 1.57 bits per heavy atom. The number of nitrogens with zero attached hydrogens (tertiary/aromatic N) is 1. The first-order chi connectivity index (χ1) is 14.5. The van der Waals surface area contributed by atoms with E-state index in [9.17, 15) is 14.4 Å². The third kappa shape index (κ3) is 5.08. The molecule has 0 N–H and O–H groups in total. The third-order valence-corrected chi connectivity index (χ3v) is 4.66. The molecule has 0 bridgehead atoms. The van der Waals surface area contributed by atoms with Gasteiger partial charge in [-0.2, -0.15) is 0 Å². The van der Waals surface area contributed by atoms with Crippen LogP contribution in [0.25, 0.3) is 0 Å². The highest BCUT2D eigenvalue weighted by molar-refractivity contribution is 5.89. The van der Waals surface area contributed by atoms with E-state index in [1.807, 2.05) is 30.3 Å². The zero-order chi connectivity index (χ0) is 21.5. The second-order valence-electron chi connectivity index (χ2n) is 6.67. The minimum atomic E-state index is -0.505. The van der Waals surface area contributed by atoms with Gasteiger partial charge in [0.1, 0.15) is 12.4 Å². The lowest BCUT2D eigenvalue weighted by molar-refractivity contribution is -0.140. The Labute approximate surface area is 174 Å². The van der Waals surface area contributed by atoms with Gasteiger partial charge in [0.2, 0.25) is 0 Å². The topological polar surface area (TPSA) is 91.4 Å². The van der Waals surface area contributed by atoms with E-state index in [1.165, 1.54) is 19.1 Å². The average Bonchev–Trinajstić information content (AvgIpc) is 3.14. The first kappa shape index (κ1) is 21.2. The van der Waals surface area contributed by atoms with Gasteiger partial charge < -0.3 is 18.9 Å². The van der Waals surface area contributed by atoms with Crippen molar-refractivity contribution in [1.29, 1.82) is 0 Å². The molecule has 1 saturated heterocycles. The maximum Gasteiger partial charge on any atom is 0.414 e. The molecule has 0 saturated carbocycles. The van der Waals surface area contributed by atoms with Gasteiger partial charge in [-0.3, -0.25) is 14.5 Å². The van der Waals surface area contributed by atoms with E-state index in [2.05, 4.69) is 0 Å². The molecule has 1 aliphatic heterocycles. The van der Waals surface area contributed by atoms with Crippen LogP contribution in [0.3, 0.4) is 0 Å². The molecule has 1 amide bonds. The van der Waals surface area contributed by atoms with E-state index in [-0.39, 0.29) is 19.4 Å². The summed E-state index contributed by atoms with van der Waals surface area (Å²) in [6, 6.07) is 14.4. The lowest BCUT2D eigenvalue weighted by Crippen LogP contribution is -2.26. The highest BCUT2D eigenvalue weighted by Crippen LogP contribution is 2.28. The largest absolute Gasteiger partial charge is 0.489 e. The van der Waals surface area contributed by atoms with Gasteiger partial charge in [-0.1, -0.05) is 36.4 Å². The number of methoxy groups -OCH3 is 2. The van der Waals surface area contributed by atoms with Gasteiger partial charge >= 0.3 is 18.0 Å². The maximum absolute atomic E-state index is 12.2. The lowest BCUT2D eigenvalue weighted by Gasteiger charge is -2.17. The van der Waals surface area contributed by atoms with Gasteiger partial charge in [-0.05, 0) is 12.1 Å². The summed E-state index contributed by atoms with van der Waals surface area (Å²) in [5, 5.41) is 0. The summed E-state index contributed by atoms with van der Waals surface area (Å²) in [5.41, 5.74) is 1.89. The molecule has 8 heteroatoms. The zero-order valence-electron chi connectivity index (χ0n) is 16.8. The van der Waals surface area contributed by atoms with Gasteiger partial charge in [0.15, 0.2) is 6.10 Å². The van der Waals surface area contributed by atoms with Crippen molar-refractivity contribution in [3.8, 4) is 5.75 Å². The fourth-order valence-corrected chi connectivity index (χ4v) is 3.16. The van der Waals surface area contributed by atoms with Crippen molar-refractivity contribution in [2.75, 3.05) is 32.3 Å². The normalized spacial score (nSPS) is 15.5. The summed E-state index contributed by atoms with van der Waals surface area (Å²) in [6.07, 6.45) is -0.981. The van der Waals surface area contributed by atoms with Crippen molar-refractivity contribution >= 4 is 23.7 Å². The fourth-order valence-electron chi connectivity index (χ4n) is 3.16. The Kier molecular flexibility index (Phi) is 6.90. The minimum absolute atomic E-state index is 0.0125. The van der Waals surface area contributed by atoms with Crippen molar-refractivity contribution < 1.29 is 33.3 Å². The Morgan fingerprint density at radius 1 is 0.967 bits per heavy atom. The smallest absolute Gasteiger partial charge is 0.414 e. The fraction of sp³-hybridized carbons (Fsp3) is 0.318. The number of hydrogen-bond acceptors (Lipinski definition) is 7. The summed E-state index contributed by atoms with van der Waals surface area (Å²) in [5.74, 6) is -0.474. The predicted octanol–water partition coefficient (Wildman–Crippen LogP) is 2.52. The molecule has 2 aromatic carbocycles. The van der Waals surface area contributed by atoms with Gasteiger partial charge in [0.25, 0.3) is 0 Å². The van der Waals surface area contributed by atoms with Crippen molar-refractivity contribution in [1.82, 2.24) is 0 Å². The molecule has 2 aromatic rings. The molecular formula is C22H23NO7. The Hall–Kier alpha value is -3.55. The Morgan fingerprint density at radius 3 is 2.13 bits per heavy atom. The molecule has 1 aliphatic rings. The van der Waals surface area contributed by atoms with E-state index in [0.717, 1.165) is 5.69 Å². The first-order valence-electron chi connectivity index (χ1n) is 9.42. The standard InChI is InChI=1S/C22H23NO7/c1-27-19(24)11-15-7-6-8-16(12-20(25)28-2)21(15)29-14-18-13-23(22(26)30-18)17-9-4-3-5-10-17/h3-10,18H,11-14H2,1-2H3. The van der Waals surface area contributed by atoms with Crippen LogP contribution in [0.15, 0.2) is 48.5 Å². The van der Waals surface area contributed by atoms with Crippen LogP contribution in [-0.2, 0) is 36.6 Å². The van der Waals surface area contributed by atoms with E-state index < -0.39 is 24.1 Å². The number of ether oxygens (including phenoxy) is 4. The van der Waals surface area contributed by atoms with Crippen LogP contribution < -0.4 is 9.64 Å². The molecule has 0 radical (unpaired) electrons. The van der Waals surface area contributed by atoms with Crippen LogP contribution >= 0.6 is 0 Å². The molecule has 8 nitrogen and oxygen atoms in total. The second kappa shape index (κ2) is 9.78. The monoisotopic (exact) mass is 413 g/mol. The molecule has 1 heterocycles. The van der Waals surface area contributed by atoms with E-state index in [1.54, 1.807) is 18.2 Å². The second-order valence-corrected chi connectivity index (χ2v) is 6.67. The Balaban J connectivity index is 1.75. The van der Waals surface area contributed by atoms with E-state index >= 15 is 0 Å². The highest BCUT2D eigenvalue weighted by atomic mass is 16.6. The Bertz CT molecular complexity index is 877. The number of cyclic esters (lactones) is 1. The van der Waals surface area contributed by atoms with Gasteiger partial charge in [-0.15, -0.1) is 0 Å². The molecule has 1 fully saturated rings. The third-order valence-electron chi connectivity index (χ3n) is 4.66. The first-order valence-corrected chi connectivity index (χ1v) is 9.42. The van der Waals surface area contributed by atoms with Crippen molar-refractivity contribution in [2.24, 2.45) is 0 Å². The van der Waals surface area contributed by atoms with Gasteiger partial charge in [-0.25, -0.2) is 4.79 Å². The molecule has 0 aliphatic carbocycles. The summed E-state index contributed by atoms with van der Waals surface area (Å²) in [4.78, 5) is 37.3. The molecule has 0 spiro atoms. The number of benzene rings is 2. The molecule has 1 atom stereocenters. The maximum atomic E-state index is 12.2. The molecule has 0 aromatic heterocycles. The van der Waals surface area contributed by atoms with Crippen LogP contribution in [0.5, 0.6) is 5.75 Å². The van der Waals surface area contributed by atoms with Crippen LogP contribution in [0.2, 0.25) is 0 Å². The predicted molar refractivity (Wildman–Crippen MR) is 107 cm³/mol. The van der Waals surface area contributed by atoms with Crippen LogP contribution in [0.4, 0.5) is 10.5 Å². The number of esters is 2. The zero-order valence-corrected chi connectivity index (χ0v) is 16.8. The van der Waals surface area contributed by atoms with Crippen LogP contribution in [0, 0.1) is 0 Å². The number of para-hydroxylation sites is 2. The highest BCUT2D eigenvalue weighted by Gasteiger charge is 2.33. The van der Waals surface area contributed by atoms with Gasteiger partial charge in [0, 0.05) is 16.8 Å². The number of amides is 1. The lowest BCUT2D eigenvalue weighted by atomic mass is 10.0. The quantitative estimate of drug-likeness (QED) is 0.485. The van der Waals surface area contributed by atoms with E-state index in [0.29, 0.717) is 23.4 Å². The summed E-state index contributed by atoms with van der Waals surface area (Å²) in [6.45, 7) is 0.399. The average molecular weight is 413 g/mol. The van der Waals surface area contributed by atoms with E-state index in [4.69, 9.17) is 18.9 Å². The molecule has 158 valence electrons. The summed E-state index contributed by atoms with van der Waals surface area (Å²) >= 11 is 0. The summed E-state index contributed by atoms with van der Waals surface area (Å²) in [7, 11) is 2.61. The number of anilines is 1. The SMILES string of the molecule is COC(=O)Cc1cccc(CC(=O)OC)c1OCC1CN(c2ccccc2)C(=O)O1. The summed E-state index contributed by atoms with van der Waals surface area (Å²) < 4.78 is 20.9. The van der Waals surface area contributed by atoms with Crippen LogP contribution in [-0.4, -0.2) is 51.5 Å². The number of rotatable bonds is 8. The minimum Gasteiger partial charge on any atom is -0.489 e. The molecule has 1 unspecified atom stereocenters. The van der Waals surface area contributed by atoms with Crippen LogP contribution in [0.1, 0.15) is 11.1 Å². The van der Waals surface area contributed by atoms with Gasteiger partial charge in [0.05, 0.1) is 33.6 Å². The molecule has 3 rings (SSSR count). The number of hydrogen-bond donors (Lipinski definition) is 0. The number of carbonyl (C=O) groups excluding carboxylic acids is 3. The molecule has 30 heavy (non-hydrogen) atoms.